The molecule has 0 aromatic carbocycles. The van der Waals surface area contributed by atoms with Crippen LogP contribution in [0, 0.1) is 5.92 Å². The Morgan fingerprint density at radius 1 is 1.29 bits per heavy atom. The molecule has 1 heterocycles. The maximum atomic E-state index is 12.0. The topological polar surface area (TPSA) is 67.6 Å². The number of amides is 1. The van der Waals surface area contributed by atoms with E-state index < -0.39 is 5.54 Å². The molecule has 5 heteroatoms. The van der Waals surface area contributed by atoms with Crippen LogP contribution < -0.4 is 11.1 Å². The summed E-state index contributed by atoms with van der Waals surface area (Å²) in [6, 6.07) is 1.05. The Bertz CT molecular complexity index is 378. The Balaban J connectivity index is 1.55. The van der Waals surface area contributed by atoms with Crippen molar-refractivity contribution in [1.82, 2.24) is 10.2 Å². The number of nitrogens with zero attached hydrogens (tertiary/aromatic N) is 1. The first kappa shape index (κ1) is 15.3. The highest BCUT2D eigenvalue weighted by molar-refractivity contribution is 5.85. The van der Waals surface area contributed by atoms with Crippen molar-refractivity contribution >= 4 is 5.91 Å². The van der Waals surface area contributed by atoms with Gasteiger partial charge in [-0.05, 0) is 64.0 Å². The van der Waals surface area contributed by atoms with Crippen molar-refractivity contribution in [3.8, 4) is 0 Å². The first-order valence-corrected chi connectivity index (χ1v) is 8.43. The molecule has 3 fully saturated rings. The summed E-state index contributed by atoms with van der Waals surface area (Å²) >= 11 is 0. The number of carbonyl (C=O) groups excluding carboxylic acids is 1. The molecule has 2 atom stereocenters. The molecule has 3 rings (SSSR count). The van der Waals surface area contributed by atoms with Crippen LogP contribution in [0.25, 0.3) is 0 Å². The zero-order valence-corrected chi connectivity index (χ0v) is 13.1. The van der Waals surface area contributed by atoms with E-state index in [0.29, 0.717) is 18.0 Å². The van der Waals surface area contributed by atoms with E-state index in [1.54, 1.807) is 7.11 Å². The molecule has 120 valence electrons. The molecule has 0 spiro atoms. The second-order valence-corrected chi connectivity index (χ2v) is 7.20. The Morgan fingerprint density at radius 3 is 2.57 bits per heavy atom. The van der Waals surface area contributed by atoms with Crippen LogP contribution in [0.3, 0.4) is 0 Å². The number of likely N-dealkylation sites (tertiary alicyclic amines) is 1. The molecule has 2 saturated carbocycles. The first-order chi connectivity index (χ1) is 10.1. The number of piperidine rings is 1. The van der Waals surface area contributed by atoms with Gasteiger partial charge in [-0.3, -0.25) is 4.79 Å². The number of nitrogens with two attached hydrogens (primary N) is 1. The predicted octanol–water partition coefficient (Wildman–Crippen LogP) is 0.873. The highest BCUT2D eigenvalue weighted by Crippen LogP contribution is 2.37. The standard InChI is InChI=1S/C16H29N3O2/c1-21-11-12-5-8-19(9-6-12)14-4-7-16(10-14,15(17)20)18-13-2-3-13/h12-14,18H,2-11H2,1H3,(H2,17,20). The summed E-state index contributed by atoms with van der Waals surface area (Å²) < 4.78 is 5.27. The lowest BCUT2D eigenvalue weighted by atomic mass is 9.94. The van der Waals surface area contributed by atoms with Gasteiger partial charge in [0, 0.05) is 25.8 Å². The van der Waals surface area contributed by atoms with E-state index in [1.165, 1.54) is 25.7 Å². The average molecular weight is 295 g/mol. The van der Waals surface area contributed by atoms with Gasteiger partial charge in [0.1, 0.15) is 0 Å². The quantitative estimate of drug-likeness (QED) is 0.763. The number of hydrogen-bond donors (Lipinski definition) is 2. The second kappa shape index (κ2) is 6.23. The fourth-order valence-electron chi connectivity index (χ4n) is 4.10. The van der Waals surface area contributed by atoms with Crippen LogP contribution in [0.4, 0.5) is 0 Å². The van der Waals surface area contributed by atoms with Gasteiger partial charge < -0.3 is 20.7 Å². The molecule has 3 aliphatic rings. The molecule has 0 bridgehead atoms. The summed E-state index contributed by atoms with van der Waals surface area (Å²) in [6.07, 6.45) is 7.71. The summed E-state index contributed by atoms with van der Waals surface area (Å²) in [5.41, 5.74) is 5.29. The van der Waals surface area contributed by atoms with Gasteiger partial charge in [0.15, 0.2) is 0 Å². The molecule has 1 amide bonds. The Hall–Kier alpha value is -0.650. The molecule has 1 saturated heterocycles. The molecule has 2 unspecified atom stereocenters. The monoisotopic (exact) mass is 295 g/mol. The lowest BCUT2D eigenvalue weighted by Gasteiger charge is -2.37. The Kier molecular flexibility index (Phi) is 4.52. The van der Waals surface area contributed by atoms with E-state index in [9.17, 15) is 4.79 Å². The molecule has 5 nitrogen and oxygen atoms in total. The van der Waals surface area contributed by atoms with Gasteiger partial charge in [-0.15, -0.1) is 0 Å². The largest absolute Gasteiger partial charge is 0.384 e. The molecule has 21 heavy (non-hydrogen) atoms. The highest BCUT2D eigenvalue weighted by Gasteiger charge is 2.48. The van der Waals surface area contributed by atoms with Crippen LogP contribution in [0.1, 0.15) is 44.9 Å². The molecular formula is C16H29N3O2. The number of carbonyl (C=O) groups is 1. The van der Waals surface area contributed by atoms with Crippen molar-refractivity contribution < 1.29 is 9.53 Å². The number of rotatable bonds is 6. The number of ether oxygens (including phenoxy) is 1. The zero-order valence-electron chi connectivity index (χ0n) is 13.1. The van der Waals surface area contributed by atoms with Gasteiger partial charge in [-0.25, -0.2) is 0 Å². The van der Waals surface area contributed by atoms with Crippen LogP contribution in [0.5, 0.6) is 0 Å². The van der Waals surface area contributed by atoms with Crippen LogP contribution in [-0.2, 0) is 9.53 Å². The van der Waals surface area contributed by atoms with Gasteiger partial charge in [-0.1, -0.05) is 0 Å². The average Bonchev–Trinajstić information content (AvgIpc) is 3.17. The van der Waals surface area contributed by atoms with Gasteiger partial charge in [0.2, 0.25) is 5.91 Å². The minimum atomic E-state index is -0.435. The summed E-state index contributed by atoms with van der Waals surface area (Å²) in [4.78, 5) is 14.6. The molecule has 2 aliphatic carbocycles. The van der Waals surface area contributed by atoms with Crippen molar-refractivity contribution in [3.63, 3.8) is 0 Å². The second-order valence-electron chi connectivity index (χ2n) is 7.20. The Labute approximate surface area is 127 Å². The maximum absolute atomic E-state index is 12.0. The van der Waals surface area contributed by atoms with Crippen molar-refractivity contribution in [3.05, 3.63) is 0 Å². The third-order valence-corrected chi connectivity index (χ3v) is 5.59. The van der Waals surface area contributed by atoms with Crippen molar-refractivity contribution in [1.29, 1.82) is 0 Å². The van der Waals surface area contributed by atoms with Crippen molar-refractivity contribution in [2.24, 2.45) is 11.7 Å². The van der Waals surface area contributed by atoms with E-state index in [2.05, 4.69) is 10.2 Å². The SMILES string of the molecule is COCC1CCN(C2CCC(NC3CC3)(C(N)=O)C2)CC1. The first-order valence-electron chi connectivity index (χ1n) is 8.43. The van der Waals surface area contributed by atoms with Crippen molar-refractivity contribution in [2.45, 2.75) is 62.6 Å². The van der Waals surface area contributed by atoms with Gasteiger partial charge in [0.05, 0.1) is 5.54 Å². The summed E-state index contributed by atoms with van der Waals surface area (Å²) in [7, 11) is 1.79. The molecule has 0 radical (unpaired) electrons. The molecular weight excluding hydrogens is 266 g/mol. The summed E-state index contributed by atoms with van der Waals surface area (Å²) in [5.74, 6) is 0.560. The van der Waals surface area contributed by atoms with Crippen LogP contribution >= 0.6 is 0 Å². The van der Waals surface area contributed by atoms with E-state index in [4.69, 9.17) is 10.5 Å². The molecule has 0 aromatic rings. The lowest BCUT2D eigenvalue weighted by molar-refractivity contribution is -0.124. The lowest BCUT2D eigenvalue weighted by Crippen LogP contribution is -2.55. The molecule has 3 N–H and O–H groups in total. The number of primary amides is 1. The zero-order chi connectivity index (χ0) is 14.9. The van der Waals surface area contributed by atoms with Crippen LogP contribution in [0.2, 0.25) is 0 Å². The van der Waals surface area contributed by atoms with Crippen LogP contribution in [-0.4, -0.2) is 55.2 Å². The van der Waals surface area contributed by atoms with E-state index in [0.717, 1.165) is 39.0 Å². The normalized spacial score (nSPS) is 35.2. The fraction of sp³-hybridized carbons (Fsp3) is 0.938. The third kappa shape index (κ3) is 3.41. The minimum Gasteiger partial charge on any atom is -0.384 e. The fourth-order valence-corrected chi connectivity index (χ4v) is 4.10. The van der Waals surface area contributed by atoms with Gasteiger partial charge in [0.25, 0.3) is 0 Å². The number of nitrogens with one attached hydrogen (secondary N) is 1. The molecule has 0 aromatic heterocycles. The van der Waals surface area contributed by atoms with Gasteiger partial charge >= 0.3 is 0 Å². The Morgan fingerprint density at radius 2 is 2.00 bits per heavy atom. The van der Waals surface area contributed by atoms with Crippen molar-refractivity contribution in [2.75, 3.05) is 26.8 Å². The minimum absolute atomic E-state index is 0.147. The highest BCUT2D eigenvalue weighted by atomic mass is 16.5. The molecule has 1 aliphatic heterocycles. The number of methoxy groups -OCH3 is 1. The van der Waals surface area contributed by atoms with Crippen LogP contribution in [0.15, 0.2) is 0 Å². The van der Waals surface area contributed by atoms with E-state index in [-0.39, 0.29) is 5.91 Å². The maximum Gasteiger partial charge on any atom is 0.237 e. The third-order valence-electron chi connectivity index (χ3n) is 5.59. The van der Waals surface area contributed by atoms with Gasteiger partial charge in [-0.2, -0.15) is 0 Å². The number of hydrogen-bond acceptors (Lipinski definition) is 4. The summed E-state index contributed by atoms with van der Waals surface area (Å²) in [5, 5.41) is 3.54. The van der Waals surface area contributed by atoms with E-state index >= 15 is 0 Å². The predicted molar refractivity (Wildman–Crippen MR) is 81.9 cm³/mol. The van der Waals surface area contributed by atoms with E-state index in [1.807, 2.05) is 0 Å². The summed E-state index contributed by atoms with van der Waals surface area (Å²) in [6.45, 7) is 3.15. The smallest absolute Gasteiger partial charge is 0.237 e.